The van der Waals surface area contributed by atoms with E-state index in [2.05, 4.69) is 6.92 Å². The Morgan fingerprint density at radius 3 is 2.63 bits per heavy atom. The van der Waals surface area contributed by atoms with Crippen molar-refractivity contribution in [2.24, 2.45) is 5.92 Å². The molecule has 0 aliphatic rings. The summed E-state index contributed by atoms with van der Waals surface area (Å²) in [6.07, 6.45) is 1.39. The summed E-state index contributed by atoms with van der Waals surface area (Å²) >= 11 is 0. The van der Waals surface area contributed by atoms with Crippen LogP contribution in [0.1, 0.15) is 25.8 Å². The lowest BCUT2D eigenvalue weighted by atomic mass is 10.1. The third-order valence-electron chi connectivity index (χ3n) is 3.21. The standard InChI is InChI=1S/C15H20N2O2/c1-5-11-7-8-14(19-4)13(9-11)17(3)15(18)12(6-2)10-16/h7-9,12H,5-6H2,1-4H3. The van der Waals surface area contributed by atoms with Crippen LogP contribution in [0.3, 0.4) is 0 Å². The number of hydrogen-bond acceptors (Lipinski definition) is 3. The van der Waals surface area contributed by atoms with Gasteiger partial charge in [0.2, 0.25) is 5.91 Å². The van der Waals surface area contributed by atoms with Gasteiger partial charge in [-0.15, -0.1) is 0 Å². The molecule has 1 aromatic rings. The molecule has 0 fully saturated rings. The van der Waals surface area contributed by atoms with Gasteiger partial charge >= 0.3 is 0 Å². The van der Waals surface area contributed by atoms with Crippen LogP contribution in [0.4, 0.5) is 5.69 Å². The summed E-state index contributed by atoms with van der Waals surface area (Å²) in [5.41, 5.74) is 1.83. The SMILES string of the molecule is CCc1ccc(OC)c(N(C)C(=O)C(C#N)CC)c1. The van der Waals surface area contributed by atoms with Crippen molar-refractivity contribution in [3.8, 4) is 11.8 Å². The predicted octanol–water partition coefficient (Wildman–Crippen LogP) is 2.77. The van der Waals surface area contributed by atoms with Crippen LogP contribution in [0.2, 0.25) is 0 Å². The van der Waals surface area contributed by atoms with E-state index in [1.54, 1.807) is 14.2 Å². The summed E-state index contributed by atoms with van der Waals surface area (Å²) in [7, 11) is 3.25. The lowest BCUT2D eigenvalue weighted by Gasteiger charge is -2.22. The number of nitrogens with zero attached hydrogens (tertiary/aromatic N) is 2. The summed E-state index contributed by atoms with van der Waals surface area (Å²) in [6.45, 7) is 3.89. The van der Waals surface area contributed by atoms with Crippen LogP contribution >= 0.6 is 0 Å². The topological polar surface area (TPSA) is 53.3 Å². The van der Waals surface area contributed by atoms with Crippen LogP contribution in [-0.2, 0) is 11.2 Å². The summed E-state index contributed by atoms with van der Waals surface area (Å²) in [6, 6.07) is 7.79. The van der Waals surface area contributed by atoms with Gasteiger partial charge in [0, 0.05) is 7.05 Å². The minimum atomic E-state index is -0.611. The molecule has 102 valence electrons. The molecule has 1 unspecified atom stereocenters. The molecular weight excluding hydrogens is 240 g/mol. The first kappa shape index (κ1) is 15.0. The summed E-state index contributed by atoms with van der Waals surface area (Å²) in [4.78, 5) is 13.7. The van der Waals surface area contributed by atoms with Crippen LogP contribution in [0.25, 0.3) is 0 Å². The molecule has 1 amide bonds. The molecule has 0 aliphatic carbocycles. The molecule has 0 N–H and O–H groups in total. The van der Waals surface area contributed by atoms with E-state index in [1.165, 1.54) is 4.90 Å². The number of hydrogen-bond donors (Lipinski definition) is 0. The average molecular weight is 260 g/mol. The number of amides is 1. The summed E-state index contributed by atoms with van der Waals surface area (Å²) < 4.78 is 5.29. The van der Waals surface area contributed by atoms with Gasteiger partial charge in [0.05, 0.1) is 18.9 Å². The number of rotatable bonds is 5. The number of nitriles is 1. The smallest absolute Gasteiger partial charge is 0.244 e. The average Bonchev–Trinajstić information content (AvgIpc) is 2.46. The highest BCUT2D eigenvalue weighted by molar-refractivity contribution is 5.97. The van der Waals surface area contributed by atoms with E-state index in [4.69, 9.17) is 10.00 Å². The Labute approximate surface area is 114 Å². The number of carbonyl (C=O) groups excluding carboxylic acids is 1. The first-order valence-corrected chi connectivity index (χ1v) is 6.43. The Balaban J connectivity index is 3.13. The Morgan fingerprint density at radius 1 is 1.47 bits per heavy atom. The van der Waals surface area contributed by atoms with E-state index in [9.17, 15) is 4.79 Å². The molecule has 0 radical (unpaired) electrons. The molecule has 0 bridgehead atoms. The van der Waals surface area contributed by atoms with Crippen molar-refractivity contribution in [2.75, 3.05) is 19.1 Å². The van der Waals surface area contributed by atoms with E-state index < -0.39 is 5.92 Å². The van der Waals surface area contributed by atoms with Crippen molar-refractivity contribution in [2.45, 2.75) is 26.7 Å². The van der Waals surface area contributed by atoms with Gasteiger partial charge in [0.25, 0.3) is 0 Å². The maximum absolute atomic E-state index is 12.2. The number of ether oxygens (including phenoxy) is 1. The fraction of sp³-hybridized carbons (Fsp3) is 0.467. The second kappa shape index (κ2) is 6.79. The molecule has 4 nitrogen and oxygen atoms in total. The Bertz CT molecular complexity index is 491. The van der Waals surface area contributed by atoms with Gasteiger partial charge in [0.15, 0.2) is 0 Å². The zero-order valence-electron chi connectivity index (χ0n) is 11.9. The molecule has 0 saturated carbocycles. The van der Waals surface area contributed by atoms with Crippen molar-refractivity contribution >= 4 is 11.6 Å². The predicted molar refractivity (Wildman–Crippen MR) is 75.2 cm³/mol. The van der Waals surface area contributed by atoms with Gasteiger partial charge in [0.1, 0.15) is 11.7 Å². The second-order valence-electron chi connectivity index (χ2n) is 4.35. The molecule has 4 heteroatoms. The molecule has 1 atom stereocenters. The molecular formula is C15H20N2O2. The number of benzene rings is 1. The van der Waals surface area contributed by atoms with Crippen LogP contribution in [-0.4, -0.2) is 20.1 Å². The monoisotopic (exact) mass is 260 g/mol. The van der Waals surface area contributed by atoms with Crippen LogP contribution in [0, 0.1) is 17.2 Å². The van der Waals surface area contributed by atoms with Crippen molar-refractivity contribution < 1.29 is 9.53 Å². The van der Waals surface area contributed by atoms with Crippen molar-refractivity contribution in [1.82, 2.24) is 0 Å². The molecule has 0 spiro atoms. The largest absolute Gasteiger partial charge is 0.495 e. The van der Waals surface area contributed by atoms with Gasteiger partial charge in [-0.25, -0.2) is 0 Å². The fourth-order valence-corrected chi connectivity index (χ4v) is 1.89. The van der Waals surface area contributed by atoms with E-state index in [0.29, 0.717) is 17.9 Å². The first-order valence-electron chi connectivity index (χ1n) is 6.43. The van der Waals surface area contributed by atoms with E-state index >= 15 is 0 Å². The van der Waals surface area contributed by atoms with Gasteiger partial charge in [-0.2, -0.15) is 5.26 Å². The minimum absolute atomic E-state index is 0.198. The Hall–Kier alpha value is -2.02. The van der Waals surface area contributed by atoms with Gasteiger partial charge in [-0.1, -0.05) is 19.9 Å². The van der Waals surface area contributed by atoms with E-state index in [1.807, 2.05) is 31.2 Å². The molecule has 0 aliphatic heterocycles. The normalized spacial score (nSPS) is 11.5. The lowest BCUT2D eigenvalue weighted by Crippen LogP contribution is -2.32. The maximum Gasteiger partial charge on any atom is 0.244 e. The van der Waals surface area contributed by atoms with Crippen LogP contribution < -0.4 is 9.64 Å². The highest BCUT2D eigenvalue weighted by Gasteiger charge is 2.23. The number of carbonyl (C=O) groups is 1. The highest BCUT2D eigenvalue weighted by Crippen LogP contribution is 2.30. The fourth-order valence-electron chi connectivity index (χ4n) is 1.89. The Kier molecular flexibility index (Phi) is 5.37. The molecule has 0 aromatic heterocycles. The quantitative estimate of drug-likeness (QED) is 0.818. The van der Waals surface area contributed by atoms with Crippen molar-refractivity contribution in [1.29, 1.82) is 5.26 Å². The number of anilines is 1. The molecule has 1 rings (SSSR count). The summed E-state index contributed by atoms with van der Waals surface area (Å²) in [5.74, 6) is -0.169. The van der Waals surface area contributed by atoms with Crippen molar-refractivity contribution in [3.05, 3.63) is 23.8 Å². The third kappa shape index (κ3) is 3.25. The number of aryl methyl sites for hydroxylation is 1. The maximum atomic E-state index is 12.2. The molecule has 1 aromatic carbocycles. The third-order valence-corrected chi connectivity index (χ3v) is 3.21. The van der Waals surface area contributed by atoms with Crippen molar-refractivity contribution in [3.63, 3.8) is 0 Å². The highest BCUT2D eigenvalue weighted by atomic mass is 16.5. The molecule has 19 heavy (non-hydrogen) atoms. The first-order chi connectivity index (χ1) is 9.08. The molecule has 0 saturated heterocycles. The second-order valence-corrected chi connectivity index (χ2v) is 4.35. The summed E-state index contributed by atoms with van der Waals surface area (Å²) in [5, 5.41) is 8.99. The van der Waals surface area contributed by atoms with Gasteiger partial charge in [-0.3, -0.25) is 4.79 Å². The van der Waals surface area contributed by atoms with Gasteiger partial charge < -0.3 is 9.64 Å². The zero-order valence-corrected chi connectivity index (χ0v) is 11.9. The zero-order chi connectivity index (χ0) is 14.4. The minimum Gasteiger partial charge on any atom is -0.495 e. The number of methoxy groups -OCH3 is 1. The van der Waals surface area contributed by atoms with Crippen LogP contribution in [0.5, 0.6) is 5.75 Å². The van der Waals surface area contributed by atoms with E-state index in [0.717, 1.165) is 12.0 Å². The van der Waals surface area contributed by atoms with Crippen LogP contribution in [0.15, 0.2) is 18.2 Å². The Morgan fingerprint density at radius 2 is 2.16 bits per heavy atom. The van der Waals surface area contributed by atoms with E-state index in [-0.39, 0.29) is 5.91 Å². The van der Waals surface area contributed by atoms with Gasteiger partial charge in [-0.05, 0) is 30.5 Å². The lowest BCUT2D eigenvalue weighted by molar-refractivity contribution is -0.120. The molecule has 0 heterocycles.